The molecule has 0 aliphatic carbocycles. The number of ether oxygens (including phenoxy) is 1. The number of furan rings is 1. The SMILES string of the molecule is CCOc1ccc(NC(=O)CCN2CCN(C(=O)c3ccco3)CC2)cc1. The molecule has 2 aromatic rings. The molecule has 1 N–H and O–H groups in total. The molecule has 2 heterocycles. The van der Waals surface area contributed by atoms with Gasteiger partial charge < -0.3 is 19.4 Å². The minimum atomic E-state index is -0.0760. The molecule has 1 aliphatic heterocycles. The number of anilines is 1. The standard InChI is InChI=1S/C20H25N3O4/c1-2-26-17-7-5-16(6-8-17)21-19(24)9-10-22-11-13-23(14-12-22)20(25)18-4-3-15-27-18/h3-8,15H,2,9-14H2,1H3,(H,21,24). The third kappa shape index (κ3) is 5.34. The van der Waals surface area contributed by atoms with E-state index in [9.17, 15) is 9.59 Å². The fourth-order valence-corrected chi connectivity index (χ4v) is 3.01. The van der Waals surface area contributed by atoms with Crippen molar-refractivity contribution < 1.29 is 18.7 Å². The van der Waals surface area contributed by atoms with E-state index in [1.807, 2.05) is 31.2 Å². The monoisotopic (exact) mass is 371 g/mol. The van der Waals surface area contributed by atoms with Crippen LogP contribution in [0.4, 0.5) is 5.69 Å². The molecule has 0 unspecified atom stereocenters. The second-order valence-corrected chi connectivity index (χ2v) is 6.37. The summed E-state index contributed by atoms with van der Waals surface area (Å²) in [5.41, 5.74) is 0.761. The van der Waals surface area contributed by atoms with Gasteiger partial charge in [-0.2, -0.15) is 0 Å². The molecular weight excluding hydrogens is 346 g/mol. The summed E-state index contributed by atoms with van der Waals surface area (Å²) in [7, 11) is 0. The van der Waals surface area contributed by atoms with Crippen molar-refractivity contribution in [2.75, 3.05) is 44.6 Å². The van der Waals surface area contributed by atoms with Gasteiger partial charge in [-0.05, 0) is 43.3 Å². The fourth-order valence-electron chi connectivity index (χ4n) is 3.01. The number of nitrogens with zero attached hydrogens (tertiary/aromatic N) is 2. The quantitative estimate of drug-likeness (QED) is 0.809. The Bertz CT molecular complexity index is 735. The molecule has 0 saturated carbocycles. The molecule has 7 nitrogen and oxygen atoms in total. The number of hydrogen-bond donors (Lipinski definition) is 1. The summed E-state index contributed by atoms with van der Waals surface area (Å²) in [4.78, 5) is 28.4. The largest absolute Gasteiger partial charge is 0.494 e. The van der Waals surface area contributed by atoms with Gasteiger partial charge in [0.15, 0.2) is 5.76 Å². The van der Waals surface area contributed by atoms with Gasteiger partial charge in [0.1, 0.15) is 5.75 Å². The normalized spacial score (nSPS) is 14.8. The highest BCUT2D eigenvalue weighted by atomic mass is 16.5. The predicted molar refractivity (Wildman–Crippen MR) is 102 cm³/mol. The Morgan fingerprint density at radius 1 is 1.11 bits per heavy atom. The summed E-state index contributed by atoms with van der Waals surface area (Å²) in [6.45, 7) is 6.01. The van der Waals surface area contributed by atoms with Gasteiger partial charge in [-0.15, -0.1) is 0 Å². The zero-order valence-corrected chi connectivity index (χ0v) is 15.5. The van der Waals surface area contributed by atoms with E-state index >= 15 is 0 Å². The van der Waals surface area contributed by atoms with Crippen LogP contribution in [0.3, 0.4) is 0 Å². The highest BCUT2D eigenvalue weighted by Crippen LogP contribution is 2.16. The van der Waals surface area contributed by atoms with E-state index in [1.54, 1.807) is 17.0 Å². The van der Waals surface area contributed by atoms with Crippen molar-refractivity contribution >= 4 is 17.5 Å². The maximum atomic E-state index is 12.2. The van der Waals surface area contributed by atoms with E-state index < -0.39 is 0 Å². The van der Waals surface area contributed by atoms with Crippen molar-refractivity contribution in [1.82, 2.24) is 9.80 Å². The van der Waals surface area contributed by atoms with Crippen LogP contribution in [-0.2, 0) is 4.79 Å². The van der Waals surface area contributed by atoms with Crippen LogP contribution in [0.25, 0.3) is 0 Å². The molecule has 1 aromatic carbocycles. The maximum absolute atomic E-state index is 12.2. The van der Waals surface area contributed by atoms with Crippen LogP contribution in [0, 0.1) is 0 Å². The summed E-state index contributed by atoms with van der Waals surface area (Å²) >= 11 is 0. The number of carbonyl (C=O) groups is 2. The molecular formula is C20H25N3O4. The number of carbonyl (C=O) groups excluding carboxylic acids is 2. The van der Waals surface area contributed by atoms with Gasteiger partial charge in [-0.1, -0.05) is 0 Å². The smallest absolute Gasteiger partial charge is 0.289 e. The van der Waals surface area contributed by atoms with Crippen LogP contribution in [0.1, 0.15) is 23.9 Å². The number of rotatable bonds is 7. The van der Waals surface area contributed by atoms with E-state index in [1.165, 1.54) is 6.26 Å². The molecule has 144 valence electrons. The van der Waals surface area contributed by atoms with Crippen molar-refractivity contribution in [1.29, 1.82) is 0 Å². The summed E-state index contributed by atoms with van der Waals surface area (Å²) in [6, 6.07) is 10.7. The van der Waals surface area contributed by atoms with E-state index in [-0.39, 0.29) is 11.8 Å². The maximum Gasteiger partial charge on any atom is 0.289 e. The van der Waals surface area contributed by atoms with Crippen LogP contribution in [0.5, 0.6) is 5.75 Å². The molecule has 7 heteroatoms. The molecule has 1 aromatic heterocycles. The summed E-state index contributed by atoms with van der Waals surface area (Å²) in [6.07, 6.45) is 1.92. The van der Waals surface area contributed by atoms with Crippen molar-refractivity contribution in [3.63, 3.8) is 0 Å². The Hall–Kier alpha value is -2.80. The molecule has 2 amide bonds. The minimum absolute atomic E-state index is 0.0201. The number of amides is 2. The lowest BCUT2D eigenvalue weighted by Crippen LogP contribution is -2.49. The average Bonchev–Trinajstić information content (AvgIpc) is 3.23. The first-order valence-electron chi connectivity index (χ1n) is 9.23. The van der Waals surface area contributed by atoms with Crippen LogP contribution < -0.4 is 10.1 Å². The highest BCUT2D eigenvalue weighted by molar-refractivity contribution is 5.91. The zero-order valence-electron chi connectivity index (χ0n) is 15.5. The van der Waals surface area contributed by atoms with E-state index in [4.69, 9.17) is 9.15 Å². The summed E-state index contributed by atoms with van der Waals surface area (Å²) < 4.78 is 10.6. The number of piperazine rings is 1. The van der Waals surface area contributed by atoms with E-state index in [2.05, 4.69) is 10.2 Å². The van der Waals surface area contributed by atoms with Crippen molar-refractivity contribution in [2.24, 2.45) is 0 Å². The molecule has 27 heavy (non-hydrogen) atoms. The Kier molecular flexibility index (Phi) is 6.49. The van der Waals surface area contributed by atoms with Crippen LogP contribution in [0.15, 0.2) is 47.1 Å². The molecule has 1 aliphatic rings. The second kappa shape index (κ2) is 9.23. The Morgan fingerprint density at radius 3 is 2.48 bits per heavy atom. The topological polar surface area (TPSA) is 75.0 Å². The third-order valence-electron chi connectivity index (χ3n) is 4.50. The number of nitrogens with one attached hydrogen (secondary N) is 1. The Morgan fingerprint density at radius 2 is 1.85 bits per heavy atom. The van der Waals surface area contributed by atoms with Gasteiger partial charge in [0, 0.05) is 44.8 Å². The van der Waals surface area contributed by atoms with Gasteiger partial charge >= 0.3 is 0 Å². The van der Waals surface area contributed by atoms with E-state index in [0.717, 1.165) is 24.5 Å². The molecule has 0 bridgehead atoms. The Labute approximate surface area is 158 Å². The average molecular weight is 371 g/mol. The first-order chi connectivity index (χ1) is 13.2. The first-order valence-corrected chi connectivity index (χ1v) is 9.23. The highest BCUT2D eigenvalue weighted by Gasteiger charge is 2.23. The van der Waals surface area contributed by atoms with Crippen LogP contribution >= 0.6 is 0 Å². The molecule has 1 fully saturated rings. The molecule has 3 rings (SSSR count). The van der Waals surface area contributed by atoms with Gasteiger partial charge in [0.05, 0.1) is 12.9 Å². The van der Waals surface area contributed by atoms with Gasteiger partial charge in [0.25, 0.3) is 5.91 Å². The van der Waals surface area contributed by atoms with Gasteiger partial charge in [-0.3, -0.25) is 14.5 Å². The van der Waals surface area contributed by atoms with E-state index in [0.29, 0.717) is 38.4 Å². The lowest BCUT2D eigenvalue weighted by Gasteiger charge is -2.34. The van der Waals surface area contributed by atoms with Crippen molar-refractivity contribution in [2.45, 2.75) is 13.3 Å². The van der Waals surface area contributed by atoms with Crippen molar-refractivity contribution in [3.05, 3.63) is 48.4 Å². The van der Waals surface area contributed by atoms with Gasteiger partial charge in [-0.25, -0.2) is 0 Å². The predicted octanol–water partition coefficient (Wildman–Crippen LogP) is 2.46. The lowest BCUT2D eigenvalue weighted by atomic mass is 10.2. The van der Waals surface area contributed by atoms with Gasteiger partial charge in [0.2, 0.25) is 5.91 Å². The first kappa shape index (κ1) is 19.0. The zero-order chi connectivity index (χ0) is 19.1. The Balaban J connectivity index is 1.38. The number of hydrogen-bond acceptors (Lipinski definition) is 5. The third-order valence-corrected chi connectivity index (χ3v) is 4.50. The van der Waals surface area contributed by atoms with Crippen molar-refractivity contribution in [3.8, 4) is 5.75 Å². The van der Waals surface area contributed by atoms with Crippen LogP contribution in [0.2, 0.25) is 0 Å². The summed E-state index contributed by atoms with van der Waals surface area (Å²) in [5, 5.41) is 2.90. The molecule has 1 saturated heterocycles. The molecule has 0 atom stereocenters. The molecule has 0 spiro atoms. The molecule has 0 radical (unpaired) electrons. The summed E-state index contributed by atoms with van der Waals surface area (Å²) in [5.74, 6) is 1.07. The van der Waals surface area contributed by atoms with Crippen LogP contribution in [-0.4, -0.2) is 60.9 Å². The second-order valence-electron chi connectivity index (χ2n) is 6.37. The minimum Gasteiger partial charge on any atom is -0.494 e. The fraction of sp³-hybridized carbons (Fsp3) is 0.400. The number of benzene rings is 1. The lowest BCUT2D eigenvalue weighted by molar-refractivity contribution is -0.116.